The number of hydrogen-bond acceptors (Lipinski definition) is 4. The maximum Gasteiger partial charge on any atom is 0.453 e. The van der Waals surface area contributed by atoms with Crippen LogP contribution in [0.4, 0.5) is 35.1 Å². The standard InChI is InChI=1S/C13H8F8N6/c14-11(15,13(19,20)21)2-1-6-9-22-3-4-27(9)5-7(23-6)8-24-10(26-25-8)12(16,17)18/h3-5H,1-2H2,(H,24,25,26). The lowest BCUT2D eigenvalue weighted by molar-refractivity contribution is -0.284. The summed E-state index contributed by atoms with van der Waals surface area (Å²) in [6.45, 7) is 0. The quantitative estimate of drug-likeness (QED) is 0.679. The molecule has 3 aromatic heterocycles. The number of rotatable bonds is 4. The molecule has 0 saturated carbocycles. The average molecular weight is 400 g/mol. The number of hydrogen-bond donors (Lipinski definition) is 1. The van der Waals surface area contributed by atoms with Gasteiger partial charge in [0.25, 0.3) is 0 Å². The second kappa shape index (κ2) is 6.13. The number of halogens is 8. The molecule has 14 heteroatoms. The number of nitrogens with one attached hydrogen (secondary N) is 1. The van der Waals surface area contributed by atoms with E-state index in [1.165, 1.54) is 23.0 Å². The van der Waals surface area contributed by atoms with Gasteiger partial charge in [0.05, 0.1) is 5.69 Å². The van der Waals surface area contributed by atoms with Crippen LogP contribution < -0.4 is 0 Å². The number of aromatic amines is 1. The highest BCUT2D eigenvalue weighted by atomic mass is 19.4. The summed E-state index contributed by atoms with van der Waals surface area (Å²) in [5.41, 5.74) is -0.527. The SMILES string of the molecule is FC(F)(F)c1nc(-c2cn3ccnc3c(CCC(F)(F)C(F)(F)F)n2)n[nH]1. The third-order valence-corrected chi connectivity index (χ3v) is 3.52. The van der Waals surface area contributed by atoms with Crippen molar-refractivity contribution in [3.63, 3.8) is 0 Å². The zero-order chi connectivity index (χ0) is 20.0. The number of nitrogens with zero attached hydrogens (tertiary/aromatic N) is 5. The minimum Gasteiger partial charge on any atom is -0.303 e. The van der Waals surface area contributed by atoms with E-state index >= 15 is 0 Å². The van der Waals surface area contributed by atoms with Crippen molar-refractivity contribution in [3.05, 3.63) is 30.1 Å². The highest BCUT2D eigenvalue weighted by Crippen LogP contribution is 2.39. The van der Waals surface area contributed by atoms with Gasteiger partial charge in [0.1, 0.15) is 5.69 Å². The zero-order valence-electron chi connectivity index (χ0n) is 12.9. The molecule has 0 atom stereocenters. The summed E-state index contributed by atoms with van der Waals surface area (Å²) in [6.07, 6.45) is -9.23. The van der Waals surface area contributed by atoms with Crippen LogP contribution in [0.2, 0.25) is 0 Å². The molecule has 1 N–H and O–H groups in total. The Labute approximate surface area is 144 Å². The third kappa shape index (κ3) is 3.68. The predicted octanol–water partition coefficient (Wildman–Crippen LogP) is 3.66. The molecule has 0 aliphatic heterocycles. The van der Waals surface area contributed by atoms with E-state index < -0.39 is 42.8 Å². The highest BCUT2D eigenvalue weighted by Gasteiger charge is 2.56. The zero-order valence-corrected chi connectivity index (χ0v) is 12.9. The molecule has 0 aliphatic rings. The maximum absolute atomic E-state index is 13.2. The molecule has 0 saturated heterocycles. The van der Waals surface area contributed by atoms with E-state index in [0.29, 0.717) is 0 Å². The van der Waals surface area contributed by atoms with Crippen LogP contribution in [0, 0.1) is 0 Å². The number of alkyl halides is 8. The van der Waals surface area contributed by atoms with E-state index in [1.54, 1.807) is 5.10 Å². The second-order valence-corrected chi connectivity index (χ2v) is 5.44. The van der Waals surface area contributed by atoms with Gasteiger partial charge in [0.2, 0.25) is 11.6 Å². The van der Waals surface area contributed by atoms with Gasteiger partial charge in [-0.2, -0.15) is 40.2 Å². The molecule has 3 heterocycles. The summed E-state index contributed by atoms with van der Waals surface area (Å²) in [4.78, 5) is 10.9. The molecule has 3 rings (SSSR count). The van der Waals surface area contributed by atoms with E-state index in [1.807, 2.05) is 0 Å². The molecule has 0 aliphatic carbocycles. The van der Waals surface area contributed by atoms with Crippen LogP contribution in [-0.2, 0) is 12.6 Å². The van der Waals surface area contributed by atoms with E-state index in [9.17, 15) is 35.1 Å². The average Bonchev–Trinajstić information content (AvgIpc) is 3.19. The minimum absolute atomic E-state index is 0.0108. The topological polar surface area (TPSA) is 71.8 Å². The molecular weight excluding hydrogens is 392 g/mol. The Bertz CT molecular complexity index is 954. The van der Waals surface area contributed by atoms with Crippen molar-refractivity contribution in [2.75, 3.05) is 0 Å². The largest absolute Gasteiger partial charge is 0.453 e. The molecule has 6 nitrogen and oxygen atoms in total. The Morgan fingerprint density at radius 3 is 2.30 bits per heavy atom. The Morgan fingerprint density at radius 2 is 1.70 bits per heavy atom. The molecule has 0 amide bonds. The van der Waals surface area contributed by atoms with Crippen LogP contribution in [0.25, 0.3) is 17.2 Å². The Kier molecular flexibility index (Phi) is 4.31. The van der Waals surface area contributed by atoms with Gasteiger partial charge in [-0.15, -0.1) is 0 Å². The second-order valence-electron chi connectivity index (χ2n) is 5.44. The van der Waals surface area contributed by atoms with Crippen molar-refractivity contribution >= 4 is 5.65 Å². The van der Waals surface area contributed by atoms with E-state index in [2.05, 4.69) is 20.1 Å². The van der Waals surface area contributed by atoms with Gasteiger partial charge in [0.15, 0.2) is 5.65 Å². The fourth-order valence-electron chi connectivity index (χ4n) is 2.19. The summed E-state index contributed by atoms with van der Waals surface area (Å²) in [6, 6.07) is 0. The van der Waals surface area contributed by atoms with Gasteiger partial charge in [-0.1, -0.05) is 0 Å². The first-order chi connectivity index (χ1) is 12.4. The smallest absolute Gasteiger partial charge is 0.303 e. The number of aromatic nitrogens is 6. The Morgan fingerprint density at radius 1 is 1.00 bits per heavy atom. The maximum atomic E-state index is 13.2. The van der Waals surface area contributed by atoms with Gasteiger partial charge < -0.3 is 4.40 Å². The number of aryl methyl sites for hydroxylation is 1. The number of imidazole rings is 1. The van der Waals surface area contributed by atoms with E-state index in [4.69, 9.17) is 0 Å². The van der Waals surface area contributed by atoms with Crippen LogP contribution in [0.5, 0.6) is 0 Å². The molecule has 0 fully saturated rings. The van der Waals surface area contributed by atoms with Crippen molar-refractivity contribution in [1.82, 2.24) is 29.5 Å². The first-order valence-electron chi connectivity index (χ1n) is 7.15. The Balaban J connectivity index is 1.97. The molecule has 27 heavy (non-hydrogen) atoms. The van der Waals surface area contributed by atoms with Crippen LogP contribution in [0.15, 0.2) is 18.6 Å². The molecular formula is C13H8F8N6. The normalized spacial score (nSPS) is 13.5. The molecule has 3 aromatic rings. The van der Waals surface area contributed by atoms with Crippen LogP contribution in [0.1, 0.15) is 17.9 Å². The molecule has 0 spiro atoms. The monoisotopic (exact) mass is 400 g/mol. The van der Waals surface area contributed by atoms with E-state index in [0.717, 1.165) is 0 Å². The number of fused-ring (bicyclic) bond motifs is 1. The van der Waals surface area contributed by atoms with Crippen LogP contribution in [0.3, 0.4) is 0 Å². The Hall–Kier alpha value is -2.80. The molecule has 0 aromatic carbocycles. The van der Waals surface area contributed by atoms with Crippen LogP contribution in [-0.4, -0.2) is 41.6 Å². The third-order valence-electron chi connectivity index (χ3n) is 3.52. The van der Waals surface area contributed by atoms with Crippen molar-refractivity contribution in [2.45, 2.75) is 31.1 Å². The van der Waals surface area contributed by atoms with Crippen molar-refractivity contribution in [2.24, 2.45) is 0 Å². The van der Waals surface area contributed by atoms with Gasteiger partial charge in [-0.25, -0.2) is 15.0 Å². The summed E-state index contributed by atoms with van der Waals surface area (Å²) in [5.74, 6) is -6.86. The van der Waals surface area contributed by atoms with Crippen molar-refractivity contribution < 1.29 is 35.1 Å². The summed E-state index contributed by atoms with van der Waals surface area (Å²) < 4.78 is 102. The minimum atomic E-state index is -5.73. The summed E-state index contributed by atoms with van der Waals surface area (Å²) >= 11 is 0. The molecule has 0 unspecified atom stereocenters. The van der Waals surface area contributed by atoms with Crippen molar-refractivity contribution in [1.29, 1.82) is 0 Å². The summed E-state index contributed by atoms with van der Waals surface area (Å²) in [7, 11) is 0. The first kappa shape index (κ1) is 19.0. The fourth-order valence-corrected chi connectivity index (χ4v) is 2.19. The molecule has 0 radical (unpaired) electrons. The van der Waals surface area contributed by atoms with E-state index in [-0.39, 0.29) is 17.0 Å². The fraction of sp³-hybridized carbons (Fsp3) is 0.385. The highest BCUT2D eigenvalue weighted by molar-refractivity contribution is 5.54. The van der Waals surface area contributed by atoms with Gasteiger partial charge >= 0.3 is 18.3 Å². The van der Waals surface area contributed by atoms with Gasteiger partial charge in [-0.05, 0) is 6.42 Å². The molecule has 146 valence electrons. The first-order valence-corrected chi connectivity index (χ1v) is 7.15. The lowest BCUT2D eigenvalue weighted by Gasteiger charge is -2.19. The van der Waals surface area contributed by atoms with Gasteiger partial charge in [-0.3, -0.25) is 5.10 Å². The van der Waals surface area contributed by atoms with Crippen molar-refractivity contribution in [3.8, 4) is 11.5 Å². The van der Waals surface area contributed by atoms with Gasteiger partial charge in [0, 0.05) is 25.0 Å². The molecule has 0 bridgehead atoms. The van der Waals surface area contributed by atoms with Crippen LogP contribution >= 0.6 is 0 Å². The lowest BCUT2D eigenvalue weighted by atomic mass is 10.1. The lowest BCUT2D eigenvalue weighted by Crippen LogP contribution is -2.36. The number of H-pyrrole nitrogens is 1. The summed E-state index contributed by atoms with van der Waals surface area (Å²) in [5, 5.41) is 5.01. The predicted molar refractivity (Wildman–Crippen MR) is 72.7 cm³/mol.